The highest BCUT2D eigenvalue weighted by Gasteiger charge is 2.39. The lowest BCUT2D eigenvalue weighted by molar-refractivity contribution is -0.144. The summed E-state index contributed by atoms with van der Waals surface area (Å²) in [5.41, 5.74) is 28.7. The highest BCUT2D eigenvalue weighted by molar-refractivity contribution is 6.00. The minimum absolute atomic E-state index is 0.0155. The number of amides is 13. The molecule has 0 bridgehead atoms. The summed E-state index contributed by atoms with van der Waals surface area (Å²) in [5, 5.41) is 108. The Bertz CT molecular complexity index is 3840. The van der Waals surface area contributed by atoms with Crippen molar-refractivity contribution in [3.63, 3.8) is 0 Å². The van der Waals surface area contributed by atoms with Gasteiger partial charge in [0.25, 0.3) is 0 Å². The third-order valence-corrected chi connectivity index (χ3v) is 16.7. The molecule has 1 heterocycles. The quantitative estimate of drug-likeness (QED) is 0.0111. The molecule has 42 nitrogen and oxygen atoms in total. The molecular formula is C69H98N20O22. The van der Waals surface area contributed by atoms with Crippen LogP contribution in [-0.2, 0) is 97.6 Å². The van der Waals surface area contributed by atoms with Crippen molar-refractivity contribution in [3.05, 3.63) is 114 Å². The number of hydrogen-bond acceptors (Lipinski definition) is 24. The molecular weight excluding hydrogens is 1460 g/mol. The summed E-state index contributed by atoms with van der Waals surface area (Å²) in [6, 6.07) is -2.85. The number of aliphatic carboxylic acids is 2. The van der Waals surface area contributed by atoms with Crippen LogP contribution in [0, 0.1) is 5.41 Å². The van der Waals surface area contributed by atoms with Crippen molar-refractivity contribution in [2.45, 2.75) is 182 Å². The molecule has 111 heavy (non-hydrogen) atoms. The standard InChI is InChI=1S/C69H98N20O22/c1-34(91)55(89-67(109)56(35(2)92)88-64(106)48(27-38-15-19-41(94)20-16-38)82-57(99)42(71)29-53(73)96)66(108)86-47(26-37-13-17-40(93)18-14-37)61(103)79-43(11-6-7-23-70)58(100)87-51(32-90)65(107)84-49(28-39-31-76-33-78-39)62(104)83-46(25-36-9-4-3-5-10-36)60(102)80-44(21-22-52(72)95)59(101)85-50(30-54(97)98)63(105)81-45(68(110)111)12-8-24-77-69(74)75/h3-5,9-10,13-20,31,33-35,42-51,55-56,90-94H,6-8,11-12,21-30,32,70-71H2,1-2H3,(H2,72,95)(H2,73,96)(H,76,78)(H,79,103)(H,80,102)(H,81,105)(H,82,99)(H,83,104)(H,84,107)(H,85,101)(H,86,108)(H,87,100)(H,88,106)(H,89,109)(H,97,98)(H,110,111)(H4,74,75,77)/t34-,35-,42+,43+,44+,45+,46+,47+,48+,49+,50+,51+,55+,56+/m1/s1. The van der Waals surface area contributed by atoms with Gasteiger partial charge in [0.2, 0.25) is 76.8 Å². The van der Waals surface area contributed by atoms with E-state index >= 15 is 0 Å². The minimum atomic E-state index is -2.01. The fourth-order valence-electron chi connectivity index (χ4n) is 10.8. The molecule has 0 saturated heterocycles. The van der Waals surface area contributed by atoms with Crippen LogP contribution in [0.3, 0.4) is 0 Å². The molecule has 606 valence electrons. The van der Waals surface area contributed by atoms with Crippen LogP contribution in [0.15, 0.2) is 91.4 Å². The number of nitrogens with one attached hydrogen (secondary N) is 14. The maximum absolute atomic E-state index is 14.7. The number of carbonyl (C=O) groups is 15. The number of guanidine groups is 1. The number of aromatic amines is 1. The van der Waals surface area contributed by atoms with Gasteiger partial charge in [-0.3, -0.25) is 72.5 Å². The molecule has 0 aliphatic rings. The fourth-order valence-corrected chi connectivity index (χ4v) is 10.8. The van der Waals surface area contributed by atoms with Gasteiger partial charge in [-0.2, -0.15) is 0 Å². The summed E-state index contributed by atoms with van der Waals surface area (Å²) in [6.07, 6.45) is -5.66. The summed E-state index contributed by atoms with van der Waals surface area (Å²) in [6.45, 7) is 1.05. The Balaban J connectivity index is 1.63. The molecule has 0 saturated carbocycles. The number of imidazole rings is 1. The number of unbranched alkanes of at least 4 members (excludes halogenated alkanes) is 1. The molecule has 0 aliphatic carbocycles. The molecule has 0 unspecified atom stereocenters. The third-order valence-electron chi connectivity index (χ3n) is 16.7. The zero-order valence-corrected chi connectivity index (χ0v) is 60.6. The number of phenols is 2. The number of H-pyrrole nitrogens is 1. The van der Waals surface area contributed by atoms with Gasteiger partial charge < -0.3 is 133 Å². The van der Waals surface area contributed by atoms with E-state index in [-0.39, 0.29) is 80.8 Å². The Morgan fingerprint density at radius 2 is 0.856 bits per heavy atom. The summed E-state index contributed by atoms with van der Waals surface area (Å²) in [5.74, 6) is -18.9. The monoisotopic (exact) mass is 1560 g/mol. The van der Waals surface area contributed by atoms with Crippen molar-refractivity contribution in [1.29, 1.82) is 5.41 Å². The first-order valence-corrected chi connectivity index (χ1v) is 34.9. The number of primary amides is 2. The predicted molar refractivity (Wildman–Crippen MR) is 390 cm³/mol. The van der Waals surface area contributed by atoms with E-state index in [0.29, 0.717) is 11.1 Å². The summed E-state index contributed by atoms with van der Waals surface area (Å²) in [4.78, 5) is 211. The third kappa shape index (κ3) is 32.5. The van der Waals surface area contributed by atoms with E-state index in [2.05, 4.69) is 73.8 Å². The van der Waals surface area contributed by atoms with Gasteiger partial charge in [-0.05, 0) is 99.9 Å². The van der Waals surface area contributed by atoms with E-state index in [1.165, 1.54) is 61.1 Å². The van der Waals surface area contributed by atoms with Gasteiger partial charge in [-0.25, -0.2) is 9.78 Å². The molecule has 0 radical (unpaired) electrons. The number of nitrogens with two attached hydrogens (primary N) is 5. The van der Waals surface area contributed by atoms with Crippen molar-refractivity contribution in [2.75, 3.05) is 19.7 Å². The lowest BCUT2D eigenvalue weighted by Gasteiger charge is -2.29. The van der Waals surface area contributed by atoms with E-state index < -0.39 is 225 Å². The zero-order chi connectivity index (χ0) is 82.6. The van der Waals surface area contributed by atoms with Crippen LogP contribution in [0.4, 0.5) is 0 Å². The second-order valence-corrected chi connectivity index (χ2v) is 25.9. The van der Waals surface area contributed by atoms with Gasteiger partial charge in [-0.15, -0.1) is 0 Å². The molecule has 4 aromatic rings. The number of carboxylic acids is 2. The van der Waals surface area contributed by atoms with E-state index in [1.807, 2.05) is 0 Å². The Kier molecular flexibility index (Phi) is 37.8. The second kappa shape index (κ2) is 46.1. The van der Waals surface area contributed by atoms with Gasteiger partial charge in [0.1, 0.15) is 78.0 Å². The summed E-state index contributed by atoms with van der Waals surface area (Å²) >= 11 is 0. The van der Waals surface area contributed by atoms with Gasteiger partial charge in [0.15, 0.2) is 5.96 Å². The lowest BCUT2D eigenvalue weighted by Crippen LogP contribution is -2.63. The van der Waals surface area contributed by atoms with Crippen LogP contribution in [0.25, 0.3) is 0 Å². The second-order valence-electron chi connectivity index (χ2n) is 25.9. The topological polar surface area (TPSA) is 725 Å². The molecule has 14 atom stereocenters. The fraction of sp³-hybridized carbons (Fsp3) is 0.464. The average molecular weight is 1560 g/mol. The maximum Gasteiger partial charge on any atom is 0.326 e. The molecule has 31 N–H and O–H groups in total. The van der Waals surface area contributed by atoms with Crippen LogP contribution in [0.1, 0.15) is 94.0 Å². The number of rotatable bonds is 49. The van der Waals surface area contributed by atoms with E-state index in [1.54, 1.807) is 30.3 Å². The number of aliphatic hydroxyl groups excluding tert-OH is 3. The van der Waals surface area contributed by atoms with Crippen LogP contribution in [0.5, 0.6) is 11.5 Å². The largest absolute Gasteiger partial charge is 0.508 e. The number of aromatic hydroxyl groups is 2. The Labute approximate surface area is 635 Å². The molecule has 4 rings (SSSR count). The van der Waals surface area contributed by atoms with Gasteiger partial charge in [0.05, 0.1) is 44.0 Å². The average Bonchev–Trinajstić information content (AvgIpc) is 0.875. The Hall–Kier alpha value is -12.4. The number of carbonyl (C=O) groups excluding carboxylic acids is 13. The van der Waals surface area contributed by atoms with Crippen molar-refractivity contribution in [2.24, 2.45) is 28.7 Å². The molecule has 0 fully saturated rings. The van der Waals surface area contributed by atoms with E-state index in [0.717, 1.165) is 13.8 Å². The maximum atomic E-state index is 14.7. The molecule has 42 heteroatoms. The van der Waals surface area contributed by atoms with Gasteiger partial charge in [0, 0.05) is 50.5 Å². The van der Waals surface area contributed by atoms with Crippen LogP contribution in [0.2, 0.25) is 0 Å². The normalized spacial score (nSPS) is 14.8. The van der Waals surface area contributed by atoms with Crippen molar-refractivity contribution in [3.8, 4) is 11.5 Å². The van der Waals surface area contributed by atoms with Crippen LogP contribution < -0.4 is 92.5 Å². The predicted octanol–water partition coefficient (Wildman–Crippen LogP) is -8.40. The number of benzene rings is 3. The number of aliphatic hydroxyl groups is 3. The number of hydrogen-bond donors (Lipinski definition) is 26. The molecule has 13 amide bonds. The van der Waals surface area contributed by atoms with Crippen LogP contribution >= 0.6 is 0 Å². The zero-order valence-electron chi connectivity index (χ0n) is 60.6. The lowest BCUT2D eigenvalue weighted by atomic mass is 10.0. The Morgan fingerprint density at radius 3 is 1.31 bits per heavy atom. The van der Waals surface area contributed by atoms with E-state index in [9.17, 15) is 108 Å². The first-order chi connectivity index (χ1) is 52.5. The number of carboxylic acid groups (broad SMARTS) is 2. The highest BCUT2D eigenvalue weighted by atomic mass is 16.4. The van der Waals surface area contributed by atoms with Gasteiger partial charge in [-0.1, -0.05) is 54.6 Å². The van der Waals surface area contributed by atoms with Gasteiger partial charge >= 0.3 is 11.9 Å². The molecule has 0 aliphatic heterocycles. The summed E-state index contributed by atoms with van der Waals surface area (Å²) < 4.78 is 0. The SMILES string of the molecule is C[C@@H](O)[C@H](NC(=O)[C@H](Cc1ccc(O)cc1)NC(=O)[C@@H](N)CC(N)=O)C(=O)N[C@H](C(=O)N[C@@H](Cc1ccc(O)cc1)C(=O)N[C@@H](CCCCN)C(=O)N[C@@H](CO)C(=O)N[C@@H](Cc1cnc[nH]1)C(=O)N[C@@H](Cc1ccccc1)C(=O)N[C@@H](CCC(N)=O)C(=O)N[C@@H](CC(=O)O)C(=O)N[C@@H](CCCNC(=N)N)C(=O)O)[C@@H](C)O. The highest BCUT2D eigenvalue weighted by Crippen LogP contribution is 2.16. The van der Waals surface area contributed by atoms with Crippen LogP contribution in [-0.4, -0.2) is 245 Å². The van der Waals surface area contributed by atoms with Crippen molar-refractivity contribution < 1.29 is 108 Å². The van der Waals surface area contributed by atoms with Crippen molar-refractivity contribution in [1.82, 2.24) is 73.8 Å². The first-order valence-electron chi connectivity index (χ1n) is 34.9. The molecule has 0 spiro atoms. The number of phenolic OH excluding ortho intramolecular Hbond substituents is 2. The van der Waals surface area contributed by atoms with E-state index in [4.69, 9.17) is 34.1 Å². The molecule has 3 aromatic carbocycles. The smallest absolute Gasteiger partial charge is 0.326 e. The number of nitrogens with zero attached hydrogens (tertiary/aromatic N) is 1. The van der Waals surface area contributed by atoms with Crippen molar-refractivity contribution >= 4 is 94.7 Å². The summed E-state index contributed by atoms with van der Waals surface area (Å²) in [7, 11) is 0. The first kappa shape index (κ1) is 91.0. The minimum Gasteiger partial charge on any atom is -0.508 e. The molecule has 1 aromatic heterocycles. The Morgan fingerprint density at radius 1 is 0.459 bits per heavy atom. The number of aromatic nitrogens is 2.